The van der Waals surface area contributed by atoms with Gasteiger partial charge in [0, 0.05) is 0 Å². The third kappa shape index (κ3) is 2.82. The number of pyridine rings is 1. The maximum atomic E-state index is 4.56. The van der Waals surface area contributed by atoms with Gasteiger partial charge in [0.25, 0.3) is 0 Å². The van der Waals surface area contributed by atoms with Crippen molar-refractivity contribution in [1.82, 2.24) is 4.98 Å². The van der Waals surface area contributed by atoms with E-state index in [9.17, 15) is 0 Å². The van der Waals surface area contributed by atoms with E-state index in [1.54, 1.807) is 0 Å². The molecule has 0 unspecified atom stereocenters. The van der Waals surface area contributed by atoms with Crippen molar-refractivity contribution < 1.29 is 0 Å². The standard InChI is InChI=1S/C19H20NPS/c1-21(2,17-11-5-3-6-12-17,18-13-7-4-8-14-18)22-19-15-9-10-16-20-19/h3-16H,1-2H3. The Morgan fingerprint density at radius 3 is 1.64 bits per heavy atom. The van der Waals surface area contributed by atoms with Crippen molar-refractivity contribution in [3.63, 3.8) is 0 Å². The van der Waals surface area contributed by atoms with Crippen LogP contribution in [0, 0.1) is 0 Å². The summed E-state index contributed by atoms with van der Waals surface area (Å²) in [5, 5.41) is 3.88. The Morgan fingerprint density at radius 2 is 1.18 bits per heavy atom. The van der Waals surface area contributed by atoms with Crippen LogP contribution in [0.3, 0.4) is 0 Å². The van der Waals surface area contributed by atoms with E-state index in [0.29, 0.717) is 0 Å². The molecule has 0 aliphatic heterocycles. The van der Waals surface area contributed by atoms with Gasteiger partial charge in [-0.2, -0.15) is 0 Å². The van der Waals surface area contributed by atoms with Gasteiger partial charge in [-0.05, 0) is 0 Å². The molecule has 3 aromatic rings. The van der Waals surface area contributed by atoms with E-state index >= 15 is 0 Å². The van der Waals surface area contributed by atoms with Crippen LogP contribution in [0.25, 0.3) is 0 Å². The summed E-state index contributed by atoms with van der Waals surface area (Å²) in [7, 11) is 0. The number of benzene rings is 2. The fourth-order valence-electron chi connectivity index (χ4n) is 2.66. The van der Waals surface area contributed by atoms with Gasteiger partial charge in [0.05, 0.1) is 0 Å². The first-order valence-electron chi connectivity index (χ1n) is 7.32. The van der Waals surface area contributed by atoms with Crippen LogP contribution in [0.1, 0.15) is 0 Å². The molecule has 0 saturated heterocycles. The van der Waals surface area contributed by atoms with Crippen molar-refractivity contribution in [2.45, 2.75) is 5.03 Å². The van der Waals surface area contributed by atoms with Crippen LogP contribution in [0.2, 0.25) is 0 Å². The second kappa shape index (κ2) is 5.87. The van der Waals surface area contributed by atoms with Crippen molar-refractivity contribution in [3.05, 3.63) is 85.1 Å². The molecule has 0 fully saturated rings. The van der Waals surface area contributed by atoms with Gasteiger partial charge in [0.15, 0.2) is 0 Å². The molecule has 3 rings (SSSR count). The summed E-state index contributed by atoms with van der Waals surface area (Å²) in [4.78, 5) is 4.56. The molecular formula is C19H20NPS. The van der Waals surface area contributed by atoms with Gasteiger partial charge in [-0.25, -0.2) is 0 Å². The molecule has 1 aromatic heterocycles. The topological polar surface area (TPSA) is 12.9 Å². The van der Waals surface area contributed by atoms with E-state index < -0.39 is 5.81 Å². The van der Waals surface area contributed by atoms with E-state index in [1.807, 2.05) is 23.6 Å². The van der Waals surface area contributed by atoms with E-state index in [4.69, 9.17) is 0 Å². The van der Waals surface area contributed by atoms with Crippen molar-refractivity contribution in [2.24, 2.45) is 0 Å². The molecule has 0 spiro atoms. The molecule has 0 saturated carbocycles. The van der Waals surface area contributed by atoms with Crippen molar-refractivity contribution in [3.8, 4) is 0 Å². The molecule has 0 N–H and O–H groups in total. The van der Waals surface area contributed by atoms with Crippen LogP contribution < -0.4 is 10.6 Å². The maximum absolute atomic E-state index is 4.56. The SMILES string of the molecule is CP(C)(Sc1ccccn1)(c1ccccc1)c1ccccc1. The second-order valence-electron chi connectivity index (χ2n) is 5.93. The van der Waals surface area contributed by atoms with Crippen LogP contribution in [0.15, 0.2) is 90.1 Å². The van der Waals surface area contributed by atoms with E-state index in [2.05, 4.69) is 91.1 Å². The number of hydrogen-bond acceptors (Lipinski definition) is 2. The summed E-state index contributed by atoms with van der Waals surface area (Å²) >= 11 is 1.92. The number of rotatable bonds is 4. The number of aromatic nitrogens is 1. The summed E-state index contributed by atoms with van der Waals surface area (Å²) in [6.45, 7) is 4.82. The molecule has 3 heteroatoms. The molecular weight excluding hydrogens is 305 g/mol. The molecule has 1 nitrogen and oxygen atoms in total. The van der Waals surface area contributed by atoms with Crippen LogP contribution in [0.4, 0.5) is 0 Å². The number of hydrogen-bond donors (Lipinski definition) is 0. The predicted molar refractivity (Wildman–Crippen MR) is 101 cm³/mol. The molecule has 0 amide bonds. The first-order chi connectivity index (χ1) is 10.6. The van der Waals surface area contributed by atoms with Gasteiger partial charge in [-0.15, -0.1) is 0 Å². The third-order valence-corrected chi connectivity index (χ3v) is 12.1. The van der Waals surface area contributed by atoms with E-state index in [-0.39, 0.29) is 0 Å². The van der Waals surface area contributed by atoms with Crippen LogP contribution >= 0.6 is 17.2 Å². The van der Waals surface area contributed by atoms with Gasteiger partial charge in [-0.3, -0.25) is 0 Å². The molecule has 0 radical (unpaired) electrons. The molecule has 2 aromatic carbocycles. The molecule has 0 aliphatic rings. The second-order valence-corrected chi connectivity index (χ2v) is 15.4. The van der Waals surface area contributed by atoms with Crippen molar-refractivity contribution >= 4 is 27.8 Å². The first-order valence-corrected chi connectivity index (χ1v) is 11.9. The summed E-state index contributed by atoms with van der Waals surface area (Å²) in [5.74, 6) is -2.38. The molecule has 0 aliphatic carbocycles. The Bertz CT molecular complexity index is 699. The average molecular weight is 325 g/mol. The minimum atomic E-state index is -2.38. The van der Waals surface area contributed by atoms with Gasteiger partial charge in [0.1, 0.15) is 0 Å². The normalized spacial score (nSPS) is 13.3. The van der Waals surface area contributed by atoms with Gasteiger partial charge < -0.3 is 0 Å². The first kappa shape index (κ1) is 15.3. The van der Waals surface area contributed by atoms with Gasteiger partial charge in [0.2, 0.25) is 0 Å². The van der Waals surface area contributed by atoms with Gasteiger partial charge in [-0.1, -0.05) is 0 Å². The number of nitrogens with zero attached hydrogens (tertiary/aromatic N) is 1. The summed E-state index contributed by atoms with van der Waals surface area (Å²) in [6.07, 6.45) is 1.87. The summed E-state index contributed by atoms with van der Waals surface area (Å²) in [6, 6.07) is 27.8. The zero-order chi connectivity index (χ0) is 15.5. The van der Waals surface area contributed by atoms with E-state index in [0.717, 1.165) is 5.03 Å². The Balaban J connectivity index is 2.19. The fourth-order valence-corrected chi connectivity index (χ4v) is 9.43. The zero-order valence-corrected chi connectivity index (χ0v) is 14.6. The quantitative estimate of drug-likeness (QED) is 0.653. The Hall–Kier alpha value is -1.63. The zero-order valence-electron chi connectivity index (χ0n) is 12.9. The summed E-state index contributed by atoms with van der Waals surface area (Å²) < 4.78 is 0. The molecule has 22 heavy (non-hydrogen) atoms. The summed E-state index contributed by atoms with van der Waals surface area (Å²) in [5.41, 5.74) is 0. The Kier molecular flexibility index (Phi) is 4.08. The Morgan fingerprint density at radius 1 is 0.682 bits per heavy atom. The monoisotopic (exact) mass is 325 g/mol. The Labute approximate surface area is 136 Å². The van der Waals surface area contributed by atoms with Crippen molar-refractivity contribution in [1.29, 1.82) is 0 Å². The molecule has 1 heterocycles. The average Bonchev–Trinajstić information content (AvgIpc) is 2.57. The molecule has 112 valence electrons. The van der Waals surface area contributed by atoms with Crippen LogP contribution in [-0.4, -0.2) is 18.3 Å². The minimum absolute atomic E-state index is 1.08. The molecule has 0 atom stereocenters. The van der Waals surface area contributed by atoms with Crippen LogP contribution in [-0.2, 0) is 0 Å². The fraction of sp³-hybridized carbons (Fsp3) is 0.105. The van der Waals surface area contributed by atoms with Crippen molar-refractivity contribution in [2.75, 3.05) is 13.3 Å². The van der Waals surface area contributed by atoms with Gasteiger partial charge >= 0.3 is 136 Å². The van der Waals surface area contributed by atoms with Crippen LogP contribution in [0.5, 0.6) is 0 Å². The van der Waals surface area contributed by atoms with E-state index in [1.165, 1.54) is 10.6 Å². The third-order valence-electron chi connectivity index (χ3n) is 4.02. The predicted octanol–water partition coefficient (Wildman–Crippen LogP) is 4.55. The molecule has 0 bridgehead atoms.